The van der Waals surface area contributed by atoms with E-state index in [9.17, 15) is 28.1 Å². The topological polar surface area (TPSA) is 84.5 Å². The van der Waals surface area contributed by atoms with Crippen LogP contribution in [0.4, 0.5) is 18.9 Å². The maximum atomic E-state index is 13.4. The van der Waals surface area contributed by atoms with Gasteiger partial charge in [-0.3, -0.25) is 19.8 Å². The standard InChI is InChI=1S/C25H24F3N5O3/c26-25(27,28)19-4-2-5-20(14-19)32-23(18-7-8-18)22(15-29-32)24(34)31-11-9-30(10-12-31)16-17-3-1-6-21(13-17)33(35)36/h1-6,13-15,18H,7-12,16H2. The van der Waals surface area contributed by atoms with Gasteiger partial charge in [-0.2, -0.15) is 18.3 Å². The van der Waals surface area contributed by atoms with Crippen molar-refractivity contribution in [3.63, 3.8) is 0 Å². The molecular formula is C25H24F3N5O3. The van der Waals surface area contributed by atoms with Gasteiger partial charge in [0.15, 0.2) is 0 Å². The lowest BCUT2D eigenvalue weighted by molar-refractivity contribution is -0.384. The van der Waals surface area contributed by atoms with E-state index >= 15 is 0 Å². The second kappa shape index (κ2) is 9.38. The van der Waals surface area contributed by atoms with Crippen LogP contribution in [0.1, 0.15) is 45.9 Å². The molecule has 1 saturated heterocycles. The van der Waals surface area contributed by atoms with Gasteiger partial charge in [0.1, 0.15) is 0 Å². The van der Waals surface area contributed by atoms with E-state index in [2.05, 4.69) is 10.00 Å². The molecule has 1 aliphatic carbocycles. The number of rotatable bonds is 6. The normalized spacial score (nSPS) is 16.8. The Kier molecular flexibility index (Phi) is 6.25. The fraction of sp³-hybridized carbons (Fsp3) is 0.360. The summed E-state index contributed by atoms with van der Waals surface area (Å²) in [4.78, 5) is 27.9. The van der Waals surface area contributed by atoms with Gasteiger partial charge >= 0.3 is 6.18 Å². The Morgan fingerprint density at radius 3 is 2.44 bits per heavy atom. The van der Waals surface area contributed by atoms with Gasteiger partial charge in [-0.05, 0) is 36.6 Å². The number of benzene rings is 2. The van der Waals surface area contributed by atoms with Crippen LogP contribution in [0.2, 0.25) is 0 Å². The van der Waals surface area contributed by atoms with E-state index in [1.807, 2.05) is 6.07 Å². The van der Waals surface area contributed by atoms with E-state index in [1.54, 1.807) is 23.1 Å². The molecule has 0 atom stereocenters. The van der Waals surface area contributed by atoms with Gasteiger partial charge < -0.3 is 4.90 Å². The Morgan fingerprint density at radius 2 is 1.78 bits per heavy atom. The first kappa shape index (κ1) is 24.0. The monoisotopic (exact) mass is 499 g/mol. The molecule has 0 bridgehead atoms. The van der Waals surface area contributed by atoms with Gasteiger partial charge in [0.2, 0.25) is 0 Å². The van der Waals surface area contributed by atoms with Crippen LogP contribution in [0.25, 0.3) is 5.69 Å². The molecule has 2 fully saturated rings. The Bertz CT molecular complexity index is 1290. The molecule has 36 heavy (non-hydrogen) atoms. The summed E-state index contributed by atoms with van der Waals surface area (Å²) in [7, 11) is 0. The lowest BCUT2D eigenvalue weighted by Gasteiger charge is -2.34. The van der Waals surface area contributed by atoms with Crippen LogP contribution in [0, 0.1) is 10.1 Å². The first-order valence-electron chi connectivity index (χ1n) is 11.7. The van der Waals surface area contributed by atoms with Crippen molar-refractivity contribution in [2.24, 2.45) is 0 Å². The second-order valence-corrected chi connectivity index (χ2v) is 9.17. The average Bonchev–Trinajstić information content (AvgIpc) is 3.61. The molecule has 0 spiro atoms. The van der Waals surface area contributed by atoms with Crippen LogP contribution in [0.5, 0.6) is 0 Å². The Morgan fingerprint density at radius 1 is 1.06 bits per heavy atom. The number of halogens is 3. The summed E-state index contributed by atoms with van der Waals surface area (Å²) in [6.07, 6.45) is -1.28. The van der Waals surface area contributed by atoms with Crippen molar-refractivity contribution in [3.05, 3.63) is 87.2 Å². The molecule has 11 heteroatoms. The fourth-order valence-corrected chi connectivity index (χ4v) is 4.60. The summed E-state index contributed by atoms with van der Waals surface area (Å²) in [6, 6.07) is 11.5. The number of nitrogens with zero attached hydrogens (tertiary/aromatic N) is 5. The number of carbonyl (C=O) groups excluding carboxylic acids is 1. The number of piperazine rings is 1. The Hall–Kier alpha value is -3.73. The van der Waals surface area contributed by atoms with E-state index in [0.717, 1.165) is 30.5 Å². The number of non-ortho nitro benzene ring substituents is 1. The minimum Gasteiger partial charge on any atom is -0.336 e. The molecule has 188 valence electrons. The van der Waals surface area contributed by atoms with Gasteiger partial charge in [0.25, 0.3) is 11.6 Å². The molecule has 1 aromatic heterocycles. The second-order valence-electron chi connectivity index (χ2n) is 9.17. The minimum atomic E-state index is -4.47. The van der Waals surface area contributed by atoms with Crippen molar-refractivity contribution in [3.8, 4) is 5.69 Å². The molecule has 1 aliphatic heterocycles. The van der Waals surface area contributed by atoms with Crippen LogP contribution in [0.15, 0.2) is 54.7 Å². The highest BCUT2D eigenvalue weighted by Crippen LogP contribution is 2.43. The third-order valence-corrected chi connectivity index (χ3v) is 6.61. The summed E-state index contributed by atoms with van der Waals surface area (Å²) in [5.74, 6) is -0.0821. The molecular weight excluding hydrogens is 475 g/mol. The van der Waals surface area contributed by atoms with Gasteiger partial charge in [0.05, 0.1) is 33.6 Å². The van der Waals surface area contributed by atoms with E-state index in [0.29, 0.717) is 44.0 Å². The van der Waals surface area contributed by atoms with E-state index < -0.39 is 16.7 Å². The SMILES string of the molecule is O=C(c1cnn(-c2cccc(C(F)(F)F)c2)c1C1CC1)N1CCN(Cc2cccc([N+](=O)[O-])c2)CC1. The van der Waals surface area contributed by atoms with Crippen molar-refractivity contribution in [2.45, 2.75) is 31.5 Å². The number of hydrogen-bond acceptors (Lipinski definition) is 5. The number of amides is 1. The molecule has 0 N–H and O–H groups in total. The molecule has 8 nitrogen and oxygen atoms in total. The number of alkyl halides is 3. The van der Waals surface area contributed by atoms with Crippen molar-refractivity contribution in [1.29, 1.82) is 0 Å². The summed E-state index contributed by atoms with van der Waals surface area (Å²) in [5.41, 5.74) is 1.51. The highest BCUT2D eigenvalue weighted by molar-refractivity contribution is 5.95. The highest BCUT2D eigenvalue weighted by atomic mass is 19.4. The first-order chi connectivity index (χ1) is 17.2. The van der Waals surface area contributed by atoms with Crippen LogP contribution in [-0.2, 0) is 12.7 Å². The fourth-order valence-electron chi connectivity index (χ4n) is 4.60. The minimum absolute atomic E-state index is 0.0479. The van der Waals surface area contributed by atoms with Crippen LogP contribution in [-0.4, -0.2) is 56.6 Å². The first-order valence-corrected chi connectivity index (χ1v) is 11.7. The third-order valence-electron chi connectivity index (χ3n) is 6.61. The molecule has 5 rings (SSSR count). The van der Waals surface area contributed by atoms with Crippen molar-refractivity contribution < 1.29 is 22.9 Å². The number of aromatic nitrogens is 2. The van der Waals surface area contributed by atoms with Crippen molar-refractivity contribution >= 4 is 11.6 Å². The average molecular weight is 499 g/mol. The number of carbonyl (C=O) groups is 1. The Balaban J connectivity index is 1.30. The largest absolute Gasteiger partial charge is 0.416 e. The summed E-state index contributed by atoms with van der Waals surface area (Å²) < 4.78 is 41.2. The maximum Gasteiger partial charge on any atom is 0.416 e. The predicted molar refractivity (Wildman–Crippen MR) is 125 cm³/mol. The zero-order valence-electron chi connectivity index (χ0n) is 19.3. The Labute approximate surface area is 205 Å². The van der Waals surface area contributed by atoms with Gasteiger partial charge in [-0.15, -0.1) is 0 Å². The van der Waals surface area contributed by atoms with Gasteiger partial charge in [-0.25, -0.2) is 4.68 Å². The van der Waals surface area contributed by atoms with E-state index in [1.165, 1.54) is 23.0 Å². The van der Waals surface area contributed by atoms with Crippen molar-refractivity contribution in [2.75, 3.05) is 26.2 Å². The predicted octanol–water partition coefficient (Wildman–Crippen LogP) is 4.63. The van der Waals surface area contributed by atoms with Crippen molar-refractivity contribution in [1.82, 2.24) is 19.6 Å². The van der Waals surface area contributed by atoms with Crippen LogP contribution in [0.3, 0.4) is 0 Å². The molecule has 1 amide bonds. The zero-order chi connectivity index (χ0) is 25.4. The van der Waals surface area contributed by atoms with E-state index in [-0.39, 0.29) is 23.2 Å². The van der Waals surface area contributed by atoms with Gasteiger partial charge in [0, 0.05) is 50.8 Å². The maximum absolute atomic E-state index is 13.4. The summed E-state index contributed by atoms with van der Waals surface area (Å²) in [6.45, 7) is 2.72. The highest BCUT2D eigenvalue weighted by Gasteiger charge is 2.36. The molecule has 2 aromatic carbocycles. The molecule has 1 saturated carbocycles. The van der Waals surface area contributed by atoms with E-state index in [4.69, 9.17) is 0 Å². The number of nitro groups is 1. The van der Waals surface area contributed by atoms with Crippen LogP contribution < -0.4 is 0 Å². The lowest BCUT2D eigenvalue weighted by atomic mass is 10.1. The number of hydrogen-bond donors (Lipinski definition) is 0. The molecule has 3 aromatic rings. The number of nitro benzene ring substituents is 1. The smallest absolute Gasteiger partial charge is 0.336 e. The zero-order valence-corrected chi connectivity index (χ0v) is 19.3. The van der Waals surface area contributed by atoms with Crippen LogP contribution >= 0.6 is 0 Å². The molecule has 2 aliphatic rings. The van der Waals surface area contributed by atoms with Gasteiger partial charge in [-0.1, -0.05) is 18.2 Å². The molecule has 0 radical (unpaired) electrons. The summed E-state index contributed by atoms with van der Waals surface area (Å²) >= 11 is 0. The quantitative estimate of drug-likeness (QED) is 0.365. The lowest BCUT2D eigenvalue weighted by Crippen LogP contribution is -2.48. The molecule has 0 unspecified atom stereocenters. The molecule has 2 heterocycles. The summed E-state index contributed by atoms with van der Waals surface area (Å²) in [5, 5.41) is 15.3. The third kappa shape index (κ3) is 4.97.